The van der Waals surface area contributed by atoms with E-state index in [1.807, 2.05) is 0 Å². The smallest absolute Gasteiger partial charge is 0.433 e. The molecule has 9 nitrogen and oxygen atoms in total. The molecule has 2 bridgehead atoms. The number of halogens is 6. The minimum Gasteiger partial charge on any atom is -0.480 e. The van der Waals surface area contributed by atoms with E-state index in [1.54, 1.807) is 12.3 Å². The first-order chi connectivity index (χ1) is 17.0. The van der Waals surface area contributed by atoms with Gasteiger partial charge in [-0.1, -0.05) is 0 Å². The van der Waals surface area contributed by atoms with Gasteiger partial charge in [0.2, 0.25) is 11.8 Å². The molecule has 0 amide bonds. The van der Waals surface area contributed by atoms with E-state index >= 15 is 0 Å². The second-order valence-corrected chi connectivity index (χ2v) is 8.78. The molecule has 1 N–H and O–H groups in total. The lowest BCUT2D eigenvalue weighted by molar-refractivity contribution is -0.153. The summed E-state index contributed by atoms with van der Waals surface area (Å²) in [5, 5.41) is 14.9. The zero-order chi connectivity index (χ0) is 25.7. The summed E-state index contributed by atoms with van der Waals surface area (Å²) >= 11 is 0. The largest absolute Gasteiger partial charge is 0.480 e. The van der Waals surface area contributed by atoms with Crippen molar-refractivity contribution in [3.63, 3.8) is 0 Å². The van der Waals surface area contributed by atoms with Crippen LogP contribution in [-0.4, -0.2) is 63.8 Å². The van der Waals surface area contributed by atoms with Gasteiger partial charge in [-0.15, -0.1) is 10.2 Å². The van der Waals surface area contributed by atoms with Gasteiger partial charge in [0.1, 0.15) is 5.69 Å². The summed E-state index contributed by atoms with van der Waals surface area (Å²) in [6, 6.07) is 3.10. The number of fused-ring (bicyclic) bond motifs is 3. The van der Waals surface area contributed by atoms with E-state index in [9.17, 15) is 26.3 Å². The first-order valence-corrected chi connectivity index (χ1v) is 11.1. The SMILES string of the molecule is COc1cc(N2C[C@H]3CC[C@@H](C2)C3Nc2nc3c(OCC(F)(F)F)ccc(C(F)(F)F)n3n2)cnn1. The van der Waals surface area contributed by atoms with Crippen molar-refractivity contribution in [1.82, 2.24) is 24.8 Å². The molecule has 2 aliphatic rings. The molecule has 0 aromatic carbocycles. The second kappa shape index (κ2) is 8.85. The van der Waals surface area contributed by atoms with E-state index in [1.165, 1.54) is 7.11 Å². The van der Waals surface area contributed by atoms with Crippen molar-refractivity contribution in [2.24, 2.45) is 11.8 Å². The third-order valence-corrected chi connectivity index (χ3v) is 6.45. The summed E-state index contributed by atoms with van der Waals surface area (Å²) in [4.78, 5) is 6.23. The molecule has 3 aromatic rings. The molecule has 1 saturated carbocycles. The number of hydrogen-bond acceptors (Lipinski definition) is 8. The van der Waals surface area contributed by atoms with Gasteiger partial charge in [-0.25, -0.2) is 4.52 Å². The van der Waals surface area contributed by atoms with Crippen LogP contribution in [0, 0.1) is 11.8 Å². The molecule has 2 fully saturated rings. The van der Waals surface area contributed by atoms with Gasteiger partial charge in [0.15, 0.2) is 18.0 Å². The standard InChI is InChI=1S/C21H21F6N7O2/c1-35-16-6-13(7-28-31-16)33-8-11-2-3-12(9-33)17(11)29-19-30-18-14(36-10-20(22,23)24)4-5-15(21(25,26)27)34(18)32-19/h4-7,11-12,17H,2-3,8-10H2,1H3,(H,29,32)/t11-,12+,17?. The molecular weight excluding hydrogens is 496 g/mol. The van der Waals surface area contributed by atoms with Crippen LogP contribution in [0.4, 0.5) is 38.0 Å². The third-order valence-electron chi connectivity index (χ3n) is 6.45. The van der Waals surface area contributed by atoms with Gasteiger partial charge in [0.25, 0.3) is 0 Å². The summed E-state index contributed by atoms with van der Waals surface area (Å²) in [5.41, 5.74) is -0.769. The molecule has 36 heavy (non-hydrogen) atoms. The highest BCUT2D eigenvalue weighted by Crippen LogP contribution is 2.40. The Morgan fingerprint density at radius 1 is 1.08 bits per heavy atom. The van der Waals surface area contributed by atoms with E-state index in [-0.39, 0.29) is 23.8 Å². The quantitative estimate of drug-likeness (QED) is 0.494. The fraction of sp³-hybridized carbons (Fsp3) is 0.524. The number of alkyl halides is 6. The van der Waals surface area contributed by atoms with Crippen LogP contribution in [0.25, 0.3) is 5.65 Å². The van der Waals surface area contributed by atoms with Crippen molar-refractivity contribution < 1.29 is 35.8 Å². The molecule has 0 radical (unpaired) electrons. The number of methoxy groups -OCH3 is 1. The minimum atomic E-state index is -4.80. The fourth-order valence-electron chi connectivity index (χ4n) is 4.92. The van der Waals surface area contributed by atoms with Crippen molar-refractivity contribution in [2.75, 3.05) is 37.0 Å². The zero-order valence-corrected chi connectivity index (χ0v) is 18.8. The molecule has 5 rings (SSSR count). The van der Waals surface area contributed by atoms with E-state index in [0.29, 0.717) is 29.6 Å². The van der Waals surface area contributed by atoms with Crippen molar-refractivity contribution in [1.29, 1.82) is 0 Å². The van der Waals surface area contributed by atoms with Gasteiger partial charge in [-0.2, -0.15) is 36.4 Å². The number of hydrogen-bond donors (Lipinski definition) is 1. The van der Waals surface area contributed by atoms with Crippen molar-refractivity contribution in [3.05, 3.63) is 30.1 Å². The molecule has 1 unspecified atom stereocenters. The number of rotatable bonds is 6. The number of aromatic nitrogens is 5. The van der Waals surface area contributed by atoms with Crippen LogP contribution in [0.1, 0.15) is 18.5 Å². The summed E-state index contributed by atoms with van der Waals surface area (Å²) in [7, 11) is 1.50. The van der Waals surface area contributed by atoms with Gasteiger partial charge in [0, 0.05) is 25.2 Å². The maximum Gasteiger partial charge on any atom is 0.433 e. The van der Waals surface area contributed by atoms with Gasteiger partial charge in [-0.3, -0.25) is 0 Å². The zero-order valence-electron chi connectivity index (χ0n) is 18.8. The van der Waals surface area contributed by atoms with Crippen LogP contribution in [0.15, 0.2) is 24.4 Å². The summed E-state index contributed by atoms with van der Waals surface area (Å²) in [6.07, 6.45) is -6.05. The first-order valence-electron chi connectivity index (χ1n) is 11.1. The number of ether oxygens (including phenoxy) is 2. The van der Waals surface area contributed by atoms with E-state index < -0.39 is 36.1 Å². The van der Waals surface area contributed by atoms with Gasteiger partial charge >= 0.3 is 12.4 Å². The van der Waals surface area contributed by atoms with Gasteiger partial charge in [0.05, 0.1) is 19.0 Å². The lowest BCUT2D eigenvalue weighted by atomic mass is 9.92. The van der Waals surface area contributed by atoms with Crippen LogP contribution >= 0.6 is 0 Å². The van der Waals surface area contributed by atoms with Crippen LogP contribution in [0.3, 0.4) is 0 Å². The van der Waals surface area contributed by atoms with Crippen LogP contribution < -0.4 is 19.7 Å². The van der Waals surface area contributed by atoms with Crippen LogP contribution in [-0.2, 0) is 6.18 Å². The molecule has 1 aliphatic carbocycles. The number of pyridine rings is 1. The topological polar surface area (TPSA) is 89.7 Å². The predicted octanol–water partition coefficient (Wildman–Crippen LogP) is 3.81. The Balaban J connectivity index is 1.39. The summed E-state index contributed by atoms with van der Waals surface area (Å²) in [5.74, 6) is 0.108. The highest BCUT2D eigenvalue weighted by Gasteiger charge is 2.43. The Morgan fingerprint density at radius 3 is 2.44 bits per heavy atom. The van der Waals surface area contributed by atoms with Crippen LogP contribution in [0.5, 0.6) is 11.6 Å². The molecular formula is C21H21F6N7O2. The highest BCUT2D eigenvalue weighted by molar-refractivity contribution is 5.57. The third kappa shape index (κ3) is 4.78. The fourth-order valence-corrected chi connectivity index (χ4v) is 4.92. The molecule has 3 aromatic heterocycles. The second-order valence-electron chi connectivity index (χ2n) is 8.78. The average molecular weight is 517 g/mol. The van der Waals surface area contributed by atoms with Crippen molar-refractivity contribution >= 4 is 17.3 Å². The lowest BCUT2D eigenvalue weighted by Crippen LogP contribution is -2.48. The number of nitrogens with one attached hydrogen (secondary N) is 1. The minimum absolute atomic E-state index is 0.105. The average Bonchev–Trinajstić information content (AvgIpc) is 3.32. The number of nitrogens with zero attached hydrogens (tertiary/aromatic N) is 6. The molecule has 15 heteroatoms. The maximum atomic E-state index is 13.5. The van der Waals surface area contributed by atoms with Gasteiger partial charge < -0.3 is 19.7 Å². The molecule has 1 saturated heterocycles. The van der Waals surface area contributed by atoms with Crippen molar-refractivity contribution in [3.8, 4) is 11.6 Å². The van der Waals surface area contributed by atoms with E-state index in [2.05, 4.69) is 30.5 Å². The number of anilines is 2. The van der Waals surface area contributed by atoms with E-state index in [0.717, 1.165) is 24.6 Å². The summed E-state index contributed by atoms with van der Waals surface area (Å²) < 4.78 is 88.8. The number of piperidine rings is 1. The Bertz CT molecular complexity index is 1230. The molecule has 194 valence electrons. The Hall–Kier alpha value is -3.52. The molecule has 4 heterocycles. The maximum absolute atomic E-state index is 13.5. The Morgan fingerprint density at radius 2 is 1.81 bits per heavy atom. The monoisotopic (exact) mass is 517 g/mol. The van der Waals surface area contributed by atoms with Crippen LogP contribution in [0.2, 0.25) is 0 Å². The van der Waals surface area contributed by atoms with Crippen molar-refractivity contribution in [2.45, 2.75) is 31.2 Å². The molecule has 0 spiro atoms. The highest BCUT2D eigenvalue weighted by atomic mass is 19.4. The summed E-state index contributed by atoms with van der Waals surface area (Å²) in [6.45, 7) is -0.352. The molecule has 3 atom stereocenters. The first kappa shape index (κ1) is 24.2. The molecule has 1 aliphatic heterocycles. The lowest BCUT2D eigenvalue weighted by Gasteiger charge is -2.39. The van der Waals surface area contributed by atoms with Gasteiger partial charge in [-0.05, 0) is 36.8 Å². The predicted molar refractivity (Wildman–Crippen MR) is 114 cm³/mol. The Labute approximate surface area is 200 Å². The normalized spacial score (nSPS) is 22.2. The van der Waals surface area contributed by atoms with E-state index in [4.69, 9.17) is 9.47 Å². The Kier molecular flexibility index (Phi) is 5.95.